The van der Waals surface area contributed by atoms with Crippen molar-refractivity contribution in [1.29, 1.82) is 0 Å². The maximum atomic E-state index is 12.0. The molecule has 2 N–H and O–H groups in total. The topological polar surface area (TPSA) is 66.4 Å². The summed E-state index contributed by atoms with van der Waals surface area (Å²) in [6.45, 7) is 7.71. The Kier molecular flexibility index (Phi) is 5.33. The predicted molar refractivity (Wildman–Crippen MR) is 74.4 cm³/mol. The molecule has 0 saturated carbocycles. The minimum atomic E-state index is -3.49. The first-order valence-corrected chi connectivity index (χ1v) is 8.32. The molecule has 1 aromatic rings. The van der Waals surface area contributed by atoms with Crippen LogP contribution in [0.3, 0.4) is 0 Å². The van der Waals surface area contributed by atoms with Crippen LogP contribution in [-0.4, -0.2) is 26.2 Å². The van der Waals surface area contributed by atoms with Gasteiger partial charge in [0, 0.05) is 11.4 Å². The average Bonchev–Trinajstić information content (AvgIpc) is 2.66. The van der Waals surface area contributed by atoms with Crippen molar-refractivity contribution in [2.45, 2.75) is 44.4 Å². The molecule has 0 aliphatic rings. The van der Waals surface area contributed by atoms with Crippen LogP contribution in [0.5, 0.6) is 0 Å². The molecule has 0 spiro atoms. The van der Waals surface area contributed by atoms with Crippen LogP contribution in [0.4, 0.5) is 0 Å². The van der Waals surface area contributed by atoms with Gasteiger partial charge in [0.25, 0.3) is 0 Å². The highest BCUT2D eigenvalue weighted by Crippen LogP contribution is 2.24. The van der Waals surface area contributed by atoms with Crippen molar-refractivity contribution in [3.8, 4) is 0 Å². The van der Waals surface area contributed by atoms with Gasteiger partial charge in [-0.1, -0.05) is 20.3 Å². The Morgan fingerprint density at radius 3 is 2.50 bits per heavy atom. The zero-order chi connectivity index (χ0) is 13.9. The van der Waals surface area contributed by atoms with Crippen molar-refractivity contribution < 1.29 is 13.5 Å². The molecule has 6 heteroatoms. The van der Waals surface area contributed by atoms with Crippen molar-refractivity contribution >= 4 is 21.4 Å². The summed E-state index contributed by atoms with van der Waals surface area (Å²) < 4.78 is 26.8. The summed E-state index contributed by atoms with van der Waals surface area (Å²) in [5.74, 6) is 0.0829. The predicted octanol–water partition coefficient (Wildman–Crippen LogP) is 2.05. The number of rotatable bonds is 6. The third kappa shape index (κ3) is 3.78. The molecular formula is C12H21NO3S2. The van der Waals surface area contributed by atoms with Crippen LogP contribution in [0.15, 0.2) is 10.3 Å². The highest BCUT2D eigenvalue weighted by atomic mass is 32.2. The van der Waals surface area contributed by atoms with Crippen molar-refractivity contribution in [3.63, 3.8) is 0 Å². The van der Waals surface area contributed by atoms with Crippen molar-refractivity contribution in [1.82, 2.24) is 4.72 Å². The summed E-state index contributed by atoms with van der Waals surface area (Å²) in [7, 11) is -3.49. The minimum Gasteiger partial charge on any atom is -0.391 e. The van der Waals surface area contributed by atoms with Gasteiger partial charge in [0.2, 0.25) is 10.0 Å². The van der Waals surface area contributed by atoms with Gasteiger partial charge in [-0.25, -0.2) is 13.1 Å². The molecule has 0 unspecified atom stereocenters. The summed E-state index contributed by atoms with van der Waals surface area (Å²) in [5.41, 5.74) is 0.975. The van der Waals surface area contributed by atoms with E-state index < -0.39 is 16.1 Å². The number of sulfonamides is 1. The maximum absolute atomic E-state index is 12.0. The van der Waals surface area contributed by atoms with E-state index in [1.807, 2.05) is 27.7 Å². The van der Waals surface area contributed by atoms with Crippen molar-refractivity contribution in [3.05, 3.63) is 16.5 Å². The third-order valence-electron chi connectivity index (χ3n) is 3.19. The number of thiophene rings is 1. The lowest BCUT2D eigenvalue weighted by atomic mass is 10.0. The third-order valence-corrected chi connectivity index (χ3v) is 6.24. The van der Waals surface area contributed by atoms with E-state index >= 15 is 0 Å². The lowest BCUT2D eigenvalue weighted by molar-refractivity contribution is 0.118. The summed E-state index contributed by atoms with van der Waals surface area (Å²) in [6, 6.07) is 1.66. The zero-order valence-corrected chi connectivity index (χ0v) is 12.9. The van der Waals surface area contributed by atoms with E-state index in [9.17, 15) is 13.5 Å². The second-order valence-electron chi connectivity index (χ2n) is 4.61. The lowest BCUT2D eigenvalue weighted by Crippen LogP contribution is -2.35. The Bertz CT molecular complexity index is 474. The molecule has 18 heavy (non-hydrogen) atoms. The maximum Gasteiger partial charge on any atom is 0.250 e. The van der Waals surface area contributed by atoms with E-state index in [1.165, 1.54) is 11.3 Å². The van der Waals surface area contributed by atoms with Gasteiger partial charge in [-0.05, 0) is 31.4 Å². The van der Waals surface area contributed by atoms with E-state index in [0.717, 1.165) is 16.9 Å². The molecule has 104 valence electrons. The molecule has 4 nitrogen and oxygen atoms in total. The van der Waals surface area contributed by atoms with Crippen LogP contribution in [-0.2, 0) is 10.0 Å². The zero-order valence-electron chi connectivity index (χ0n) is 11.2. The Morgan fingerprint density at radius 2 is 2.06 bits per heavy atom. The molecule has 0 fully saturated rings. The number of aryl methyl sites for hydroxylation is 2. The molecule has 1 heterocycles. The Labute approximate surface area is 113 Å². The smallest absolute Gasteiger partial charge is 0.250 e. The summed E-state index contributed by atoms with van der Waals surface area (Å²) in [6.07, 6.45) is 0.173. The van der Waals surface area contributed by atoms with Gasteiger partial charge in [-0.3, -0.25) is 0 Å². The van der Waals surface area contributed by atoms with Gasteiger partial charge in [-0.2, -0.15) is 0 Å². The molecule has 0 aliphatic carbocycles. The molecule has 0 aliphatic heterocycles. The summed E-state index contributed by atoms with van der Waals surface area (Å²) >= 11 is 1.26. The number of hydrogen-bond donors (Lipinski definition) is 2. The summed E-state index contributed by atoms with van der Waals surface area (Å²) in [5, 5.41) is 9.76. The molecule has 0 aromatic carbocycles. The second-order valence-corrected chi connectivity index (χ2v) is 7.86. The molecule has 0 radical (unpaired) electrons. The Morgan fingerprint density at radius 1 is 1.44 bits per heavy atom. The van der Waals surface area contributed by atoms with Gasteiger partial charge in [-0.15, -0.1) is 11.3 Å². The summed E-state index contributed by atoms with van der Waals surface area (Å²) in [4.78, 5) is 0.998. The van der Waals surface area contributed by atoms with Crippen LogP contribution in [0.25, 0.3) is 0 Å². The number of nitrogens with one attached hydrogen (secondary N) is 1. The van der Waals surface area contributed by atoms with Crippen LogP contribution in [0.1, 0.15) is 30.7 Å². The highest BCUT2D eigenvalue weighted by molar-refractivity contribution is 7.91. The SMILES string of the molecule is CC[C@@H](C)[C@@H](O)CNS(=O)(=O)c1cc(C)c(C)s1. The van der Waals surface area contributed by atoms with Crippen molar-refractivity contribution in [2.24, 2.45) is 5.92 Å². The van der Waals surface area contributed by atoms with E-state index in [4.69, 9.17) is 0 Å². The molecular weight excluding hydrogens is 270 g/mol. The monoisotopic (exact) mass is 291 g/mol. The van der Waals surface area contributed by atoms with Gasteiger partial charge >= 0.3 is 0 Å². The van der Waals surface area contributed by atoms with Crippen LogP contribution < -0.4 is 4.72 Å². The first kappa shape index (κ1) is 15.6. The van der Waals surface area contributed by atoms with Gasteiger partial charge in [0.05, 0.1) is 6.10 Å². The van der Waals surface area contributed by atoms with Crippen LogP contribution >= 0.6 is 11.3 Å². The Balaban J connectivity index is 2.71. The van der Waals surface area contributed by atoms with Crippen LogP contribution in [0.2, 0.25) is 0 Å². The quantitative estimate of drug-likeness (QED) is 0.843. The van der Waals surface area contributed by atoms with Crippen molar-refractivity contribution in [2.75, 3.05) is 6.54 Å². The standard InChI is InChI=1S/C12H21NO3S2/c1-5-8(2)11(14)7-13-18(15,16)12-6-9(3)10(4)17-12/h6,8,11,13-14H,5,7H2,1-4H3/t8-,11+/m1/s1. The minimum absolute atomic E-state index is 0.0628. The largest absolute Gasteiger partial charge is 0.391 e. The highest BCUT2D eigenvalue weighted by Gasteiger charge is 2.20. The molecule has 1 aromatic heterocycles. The number of aliphatic hydroxyl groups is 1. The molecule has 0 amide bonds. The fourth-order valence-electron chi connectivity index (χ4n) is 1.41. The molecule has 0 saturated heterocycles. The fourth-order valence-corrected chi connectivity index (χ4v) is 4.02. The number of aliphatic hydroxyl groups excluding tert-OH is 1. The van der Waals surface area contributed by atoms with E-state index in [1.54, 1.807) is 6.07 Å². The first-order chi connectivity index (χ1) is 8.27. The van der Waals surface area contributed by atoms with Gasteiger partial charge in [0.1, 0.15) is 4.21 Å². The first-order valence-electron chi connectivity index (χ1n) is 6.02. The van der Waals surface area contributed by atoms with Crippen LogP contribution in [0, 0.1) is 19.8 Å². The van der Waals surface area contributed by atoms with Gasteiger partial charge in [0.15, 0.2) is 0 Å². The second kappa shape index (κ2) is 6.14. The fraction of sp³-hybridized carbons (Fsp3) is 0.667. The molecule has 1 rings (SSSR count). The average molecular weight is 291 g/mol. The van der Waals surface area contributed by atoms with Gasteiger partial charge < -0.3 is 5.11 Å². The number of hydrogen-bond acceptors (Lipinski definition) is 4. The van der Waals surface area contributed by atoms with E-state index in [0.29, 0.717) is 4.21 Å². The van der Waals surface area contributed by atoms with E-state index in [2.05, 4.69) is 4.72 Å². The lowest BCUT2D eigenvalue weighted by Gasteiger charge is -2.17. The normalized spacial score (nSPS) is 15.6. The Hall–Kier alpha value is -0.430. The molecule has 2 atom stereocenters. The van der Waals surface area contributed by atoms with E-state index in [-0.39, 0.29) is 12.5 Å². The molecule has 0 bridgehead atoms.